The Morgan fingerprint density at radius 2 is 1.85 bits per heavy atom. The molecule has 27 heavy (non-hydrogen) atoms. The van der Waals surface area contributed by atoms with Gasteiger partial charge in [0, 0.05) is 24.6 Å². The Balaban J connectivity index is 1.50. The van der Waals surface area contributed by atoms with Crippen molar-refractivity contribution in [1.82, 2.24) is 15.5 Å². The summed E-state index contributed by atoms with van der Waals surface area (Å²) in [7, 11) is 0. The highest BCUT2D eigenvalue weighted by Gasteiger charge is 2.29. The van der Waals surface area contributed by atoms with Gasteiger partial charge < -0.3 is 20.3 Å². The Hall–Kier alpha value is -2.67. The molecule has 3 rings (SSSR count). The fourth-order valence-electron chi connectivity index (χ4n) is 3.34. The third-order valence-electron chi connectivity index (χ3n) is 4.78. The number of carbonyl (C=O) groups excluding carboxylic acids is 3. The number of nitrogens with zero attached hydrogens (tertiary/aromatic N) is 1. The standard InChI is InChI=1S/C20H25N3O4/c24-18(22-16-8-4-5-9-16)12-17-14-27-11-10-23(17)19(25)13-21-20(26)15-6-2-1-3-7-15/h1-7,16-17H,8-14H2,(H,21,26)(H,22,24)/t17-/m0/s1. The van der Waals surface area contributed by atoms with E-state index in [1.807, 2.05) is 6.07 Å². The van der Waals surface area contributed by atoms with Gasteiger partial charge in [-0.25, -0.2) is 0 Å². The lowest BCUT2D eigenvalue weighted by atomic mass is 10.1. The Bertz CT molecular complexity index is 696. The molecule has 144 valence electrons. The van der Waals surface area contributed by atoms with Crippen LogP contribution in [-0.2, 0) is 14.3 Å². The van der Waals surface area contributed by atoms with Gasteiger partial charge in [0.25, 0.3) is 5.91 Å². The van der Waals surface area contributed by atoms with Crippen LogP contribution in [0.2, 0.25) is 0 Å². The monoisotopic (exact) mass is 371 g/mol. The van der Waals surface area contributed by atoms with E-state index in [4.69, 9.17) is 4.74 Å². The number of amides is 3. The fraction of sp³-hybridized carbons (Fsp3) is 0.450. The average Bonchev–Trinajstić information content (AvgIpc) is 3.19. The molecule has 7 heteroatoms. The molecule has 2 aliphatic rings. The molecule has 1 aliphatic heterocycles. The van der Waals surface area contributed by atoms with Crippen molar-refractivity contribution in [3.63, 3.8) is 0 Å². The van der Waals surface area contributed by atoms with Gasteiger partial charge in [0.2, 0.25) is 11.8 Å². The van der Waals surface area contributed by atoms with E-state index in [1.165, 1.54) is 0 Å². The van der Waals surface area contributed by atoms with Crippen LogP contribution in [0.4, 0.5) is 0 Å². The Morgan fingerprint density at radius 3 is 2.59 bits per heavy atom. The summed E-state index contributed by atoms with van der Waals surface area (Å²) < 4.78 is 5.45. The number of rotatable bonds is 6. The Labute approximate surface area is 158 Å². The van der Waals surface area contributed by atoms with Gasteiger partial charge >= 0.3 is 0 Å². The maximum Gasteiger partial charge on any atom is 0.251 e. The molecule has 0 saturated carbocycles. The van der Waals surface area contributed by atoms with Crippen molar-refractivity contribution in [2.45, 2.75) is 31.3 Å². The van der Waals surface area contributed by atoms with Crippen LogP contribution in [0.3, 0.4) is 0 Å². The van der Waals surface area contributed by atoms with Gasteiger partial charge in [0.15, 0.2) is 0 Å². The number of hydrogen-bond donors (Lipinski definition) is 2. The molecule has 2 N–H and O–H groups in total. The summed E-state index contributed by atoms with van der Waals surface area (Å²) in [6, 6.07) is 8.59. The normalized spacial score (nSPS) is 19.7. The van der Waals surface area contributed by atoms with Crippen molar-refractivity contribution in [1.29, 1.82) is 0 Å². The van der Waals surface area contributed by atoms with E-state index in [9.17, 15) is 14.4 Å². The first kappa shape index (κ1) is 19.1. The minimum absolute atomic E-state index is 0.0784. The first-order valence-corrected chi connectivity index (χ1v) is 9.28. The van der Waals surface area contributed by atoms with Gasteiger partial charge in [-0.15, -0.1) is 0 Å². The Morgan fingerprint density at radius 1 is 1.11 bits per heavy atom. The lowest BCUT2D eigenvalue weighted by molar-refractivity contribution is -0.140. The molecular weight excluding hydrogens is 346 g/mol. The summed E-state index contributed by atoms with van der Waals surface area (Å²) in [6.07, 6.45) is 6.01. The molecule has 0 aromatic heterocycles. The smallest absolute Gasteiger partial charge is 0.251 e. The van der Waals surface area contributed by atoms with Crippen LogP contribution >= 0.6 is 0 Å². The zero-order chi connectivity index (χ0) is 19.1. The predicted molar refractivity (Wildman–Crippen MR) is 100 cm³/mol. The molecule has 1 heterocycles. The molecule has 0 bridgehead atoms. The fourth-order valence-corrected chi connectivity index (χ4v) is 3.34. The number of morpholine rings is 1. The summed E-state index contributed by atoms with van der Waals surface area (Å²) in [6.45, 7) is 1.08. The van der Waals surface area contributed by atoms with E-state index >= 15 is 0 Å². The van der Waals surface area contributed by atoms with Gasteiger partial charge in [-0.1, -0.05) is 30.4 Å². The van der Waals surface area contributed by atoms with E-state index in [0.29, 0.717) is 25.3 Å². The topological polar surface area (TPSA) is 87.7 Å². The molecule has 1 aliphatic carbocycles. The molecule has 7 nitrogen and oxygen atoms in total. The minimum Gasteiger partial charge on any atom is -0.377 e. The zero-order valence-corrected chi connectivity index (χ0v) is 15.2. The maximum atomic E-state index is 12.6. The van der Waals surface area contributed by atoms with Crippen LogP contribution in [0.15, 0.2) is 42.5 Å². The third kappa shape index (κ3) is 5.40. The van der Waals surface area contributed by atoms with Gasteiger partial charge in [-0.3, -0.25) is 14.4 Å². The molecule has 3 amide bonds. The largest absolute Gasteiger partial charge is 0.377 e. The first-order valence-electron chi connectivity index (χ1n) is 9.28. The van der Waals surface area contributed by atoms with E-state index < -0.39 is 0 Å². The number of ether oxygens (including phenoxy) is 1. The summed E-state index contributed by atoms with van der Waals surface area (Å²) in [4.78, 5) is 38.6. The lowest BCUT2D eigenvalue weighted by Crippen LogP contribution is -2.53. The van der Waals surface area contributed by atoms with Crippen LogP contribution in [-0.4, -0.2) is 61.0 Å². The highest BCUT2D eigenvalue weighted by molar-refractivity contribution is 5.96. The van der Waals surface area contributed by atoms with E-state index in [1.54, 1.807) is 29.2 Å². The van der Waals surface area contributed by atoms with Crippen molar-refractivity contribution < 1.29 is 19.1 Å². The van der Waals surface area contributed by atoms with E-state index in [2.05, 4.69) is 22.8 Å². The van der Waals surface area contributed by atoms with E-state index in [-0.39, 0.29) is 42.8 Å². The van der Waals surface area contributed by atoms with Crippen molar-refractivity contribution >= 4 is 17.7 Å². The molecule has 1 aromatic carbocycles. The SMILES string of the molecule is O=C(C[C@H]1COCCN1C(=O)CNC(=O)c1ccccc1)NC1CC=CC1. The molecule has 1 fully saturated rings. The molecule has 1 aromatic rings. The van der Waals surface area contributed by atoms with E-state index in [0.717, 1.165) is 12.8 Å². The molecule has 0 spiro atoms. The summed E-state index contributed by atoms with van der Waals surface area (Å²) in [5.41, 5.74) is 0.508. The molecule has 0 radical (unpaired) electrons. The predicted octanol–water partition coefficient (Wildman–Crippen LogP) is 0.869. The third-order valence-corrected chi connectivity index (χ3v) is 4.78. The van der Waals surface area contributed by atoms with Gasteiger partial charge in [0.1, 0.15) is 0 Å². The van der Waals surface area contributed by atoms with Gasteiger partial charge in [-0.2, -0.15) is 0 Å². The summed E-state index contributed by atoms with van der Waals surface area (Å²) in [5, 5.41) is 5.64. The second-order valence-electron chi connectivity index (χ2n) is 6.78. The number of carbonyl (C=O) groups is 3. The van der Waals surface area contributed by atoms with Gasteiger partial charge in [-0.05, 0) is 25.0 Å². The van der Waals surface area contributed by atoms with Crippen LogP contribution in [0, 0.1) is 0 Å². The highest BCUT2D eigenvalue weighted by Crippen LogP contribution is 2.13. The van der Waals surface area contributed by atoms with Crippen LogP contribution in [0.25, 0.3) is 0 Å². The van der Waals surface area contributed by atoms with Gasteiger partial charge in [0.05, 0.1) is 25.8 Å². The van der Waals surface area contributed by atoms with Crippen LogP contribution in [0.5, 0.6) is 0 Å². The van der Waals surface area contributed by atoms with Crippen molar-refractivity contribution in [2.24, 2.45) is 0 Å². The van der Waals surface area contributed by atoms with Crippen molar-refractivity contribution in [3.8, 4) is 0 Å². The number of nitrogens with one attached hydrogen (secondary N) is 2. The minimum atomic E-state index is -0.311. The quantitative estimate of drug-likeness (QED) is 0.727. The van der Waals surface area contributed by atoms with Crippen LogP contribution < -0.4 is 10.6 Å². The second kappa shape index (κ2) is 9.32. The summed E-state index contributed by atoms with van der Waals surface area (Å²) in [5.74, 6) is -0.575. The molecule has 1 saturated heterocycles. The molecular formula is C20H25N3O4. The molecule has 1 atom stereocenters. The first-order chi connectivity index (χ1) is 13.1. The number of hydrogen-bond acceptors (Lipinski definition) is 4. The lowest BCUT2D eigenvalue weighted by Gasteiger charge is -2.35. The second-order valence-corrected chi connectivity index (χ2v) is 6.78. The van der Waals surface area contributed by atoms with Crippen molar-refractivity contribution in [3.05, 3.63) is 48.0 Å². The van der Waals surface area contributed by atoms with Crippen LogP contribution in [0.1, 0.15) is 29.6 Å². The zero-order valence-electron chi connectivity index (χ0n) is 15.2. The summed E-state index contributed by atoms with van der Waals surface area (Å²) >= 11 is 0. The molecule has 0 unspecified atom stereocenters. The van der Waals surface area contributed by atoms with Crippen molar-refractivity contribution in [2.75, 3.05) is 26.3 Å². The maximum absolute atomic E-state index is 12.6. The Kier molecular flexibility index (Phi) is 6.59. The number of benzene rings is 1. The highest BCUT2D eigenvalue weighted by atomic mass is 16.5. The average molecular weight is 371 g/mol.